The highest BCUT2D eigenvalue weighted by molar-refractivity contribution is 5.86. The van der Waals surface area contributed by atoms with Gasteiger partial charge in [0.1, 0.15) is 11.6 Å². The van der Waals surface area contributed by atoms with Crippen LogP contribution in [0.3, 0.4) is 0 Å². The Hall–Kier alpha value is -2.84. The number of hydrazine groups is 1. The van der Waals surface area contributed by atoms with Crippen molar-refractivity contribution in [3.63, 3.8) is 0 Å². The number of hydrogen-bond donors (Lipinski definition) is 2. The fourth-order valence-electron chi connectivity index (χ4n) is 2.67. The van der Waals surface area contributed by atoms with Gasteiger partial charge in [-0.25, -0.2) is 9.18 Å². The molecule has 1 aliphatic heterocycles. The number of carbonyl (C=O) groups excluding carboxylic acids is 3. The molecule has 0 spiro atoms. The molecular weight excluding hydrogens is 357 g/mol. The highest BCUT2D eigenvalue weighted by Gasteiger charge is 2.29. The lowest BCUT2D eigenvalue weighted by Gasteiger charge is -2.31. The summed E-state index contributed by atoms with van der Waals surface area (Å²) < 4.78 is 23.2. The van der Waals surface area contributed by atoms with Crippen molar-refractivity contribution in [2.75, 3.05) is 19.7 Å². The standard InChI is InChI=1S/C18H24FN3O5/c1-3-26-18(25)22-10-4-5-13(11-22)17(24)21-20-16(23)12(2)27-15-8-6-14(19)7-9-15/h6-9,12-13H,3-5,10-11H2,1-2H3,(H,20,23)(H,21,24)/t12-,13-/m0/s1. The molecule has 1 aliphatic rings. The van der Waals surface area contributed by atoms with Gasteiger partial charge in [0.05, 0.1) is 12.5 Å². The van der Waals surface area contributed by atoms with E-state index >= 15 is 0 Å². The molecule has 2 atom stereocenters. The molecule has 8 nitrogen and oxygen atoms in total. The third-order valence-corrected chi connectivity index (χ3v) is 4.12. The SMILES string of the molecule is CCOC(=O)N1CCC[C@H](C(=O)NNC(=O)[C@H](C)Oc2ccc(F)cc2)C1. The van der Waals surface area contributed by atoms with Crippen LogP contribution in [0.2, 0.25) is 0 Å². The topological polar surface area (TPSA) is 97.0 Å². The van der Waals surface area contributed by atoms with Crippen molar-refractivity contribution >= 4 is 17.9 Å². The van der Waals surface area contributed by atoms with Crippen molar-refractivity contribution in [3.05, 3.63) is 30.1 Å². The molecule has 1 aromatic rings. The van der Waals surface area contributed by atoms with Crippen molar-refractivity contribution in [1.29, 1.82) is 0 Å². The maximum absolute atomic E-state index is 12.9. The Balaban J connectivity index is 1.78. The monoisotopic (exact) mass is 381 g/mol. The van der Waals surface area contributed by atoms with E-state index in [0.717, 1.165) is 0 Å². The van der Waals surface area contributed by atoms with Gasteiger partial charge in [-0.1, -0.05) is 0 Å². The largest absolute Gasteiger partial charge is 0.481 e. The summed E-state index contributed by atoms with van der Waals surface area (Å²) in [4.78, 5) is 37.6. The zero-order valence-electron chi connectivity index (χ0n) is 15.4. The predicted molar refractivity (Wildman–Crippen MR) is 94.1 cm³/mol. The van der Waals surface area contributed by atoms with E-state index in [4.69, 9.17) is 9.47 Å². The highest BCUT2D eigenvalue weighted by Crippen LogP contribution is 2.17. The summed E-state index contributed by atoms with van der Waals surface area (Å²) in [5.41, 5.74) is 4.67. The Morgan fingerprint density at radius 1 is 1.26 bits per heavy atom. The number of amides is 3. The van der Waals surface area contributed by atoms with Crippen LogP contribution >= 0.6 is 0 Å². The van der Waals surface area contributed by atoms with Crippen molar-refractivity contribution in [1.82, 2.24) is 15.8 Å². The molecule has 0 aromatic heterocycles. The average Bonchev–Trinajstić information content (AvgIpc) is 2.67. The van der Waals surface area contributed by atoms with E-state index in [-0.39, 0.29) is 19.1 Å². The van der Waals surface area contributed by atoms with Crippen molar-refractivity contribution in [2.45, 2.75) is 32.8 Å². The molecule has 0 saturated carbocycles. The second-order valence-electron chi connectivity index (χ2n) is 6.18. The van der Waals surface area contributed by atoms with Crippen LogP contribution < -0.4 is 15.6 Å². The number of ether oxygens (including phenoxy) is 2. The Kier molecular flexibility index (Phi) is 7.39. The molecular formula is C18H24FN3O5. The molecule has 3 amide bonds. The lowest BCUT2D eigenvalue weighted by atomic mass is 9.98. The summed E-state index contributed by atoms with van der Waals surface area (Å²) in [6.45, 7) is 4.28. The van der Waals surface area contributed by atoms with Gasteiger partial charge < -0.3 is 14.4 Å². The van der Waals surface area contributed by atoms with Crippen LogP contribution in [0.15, 0.2) is 24.3 Å². The molecule has 1 aromatic carbocycles. The summed E-state index contributed by atoms with van der Waals surface area (Å²) in [6, 6.07) is 5.26. The first-order valence-electron chi connectivity index (χ1n) is 8.84. The summed E-state index contributed by atoms with van der Waals surface area (Å²) in [7, 11) is 0. The number of nitrogens with zero attached hydrogens (tertiary/aromatic N) is 1. The van der Waals surface area contributed by atoms with E-state index < -0.39 is 29.8 Å². The molecule has 0 bridgehead atoms. The van der Waals surface area contributed by atoms with Gasteiger partial charge >= 0.3 is 6.09 Å². The highest BCUT2D eigenvalue weighted by atomic mass is 19.1. The van der Waals surface area contributed by atoms with Crippen LogP contribution in [-0.2, 0) is 14.3 Å². The first-order chi connectivity index (χ1) is 12.9. The Morgan fingerprint density at radius 2 is 1.96 bits per heavy atom. The number of carbonyl (C=O) groups is 3. The van der Waals surface area contributed by atoms with Gasteiger partial charge in [0.15, 0.2) is 6.10 Å². The second-order valence-corrected chi connectivity index (χ2v) is 6.18. The average molecular weight is 381 g/mol. The zero-order chi connectivity index (χ0) is 19.8. The van der Waals surface area contributed by atoms with E-state index in [1.165, 1.54) is 36.1 Å². The van der Waals surface area contributed by atoms with E-state index in [9.17, 15) is 18.8 Å². The lowest BCUT2D eigenvalue weighted by Crippen LogP contribution is -2.52. The smallest absolute Gasteiger partial charge is 0.409 e. The Labute approximate surface area is 157 Å². The first-order valence-corrected chi connectivity index (χ1v) is 8.84. The number of hydrogen-bond acceptors (Lipinski definition) is 5. The maximum Gasteiger partial charge on any atom is 0.409 e. The van der Waals surface area contributed by atoms with Crippen molar-refractivity contribution in [2.24, 2.45) is 5.92 Å². The summed E-state index contributed by atoms with van der Waals surface area (Å²) in [5.74, 6) is -1.44. The molecule has 0 radical (unpaired) electrons. The molecule has 9 heteroatoms. The van der Waals surface area contributed by atoms with Crippen LogP contribution in [-0.4, -0.2) is 48.6 Å². The molecule has 0 unspecified atom stereocenters. The lowest BCUT2D eigenvalue weighted by molar-refractivity contribution is -0.135. The van der Waals surface area contributed by atoms with E-state index in [0.29, 0.717) is 25.1 Å². The summed E-state index contributed by atoms with van der Waals surface area (Å²) >= 11 is 0. The van der Waals surface area contributed by atoms with E-state index in [2.05, 4.69) is 10.9 Å². The maximum atomic E-state index is 12.9. The normalized spacial score (nSPS) is 17.6. The number of benzene rings is 1. The van der Waals surface area contributed by atoms with Crippen LogP contribution in [0.4, 0.5) is 9.18 Å². The van der Waals surface area contributed by atoms with Crippen LogP contribution in [0.1, 0.15) is 26.7 Å². The minimum atomic E-state index is -0.891. The number of rotatable bonds is 5. The van der Waals surface area contributed by atoms with Gasteiger partial charge in [-0.2, -0.15) is 0 Å². The van der Waals surface area contributed by atoms with Crippen LogP contribution in [0, 0.1) is 11.7 Å². The molecule has 27 heavy (non-hydrogen) atoms. The van der Waals surface area contributed by atoms with Crippen LogP contribution in [0.5, 0.6) is 5.75 Å². The molecule has 0 aliphatic carbocycles. The molecule has 1 saturated heterocycles. The molecule has 2 N–H and O–H groups in total. The van der Waals surface area contributed by atoms with Gasteiger partial charge in [0.2, 0.25) is 5.91 Å². The molecule has 148 valence electrons. The Bertz CT molecular complexity index is 667. The fraction of sp³-hybridized carbons (Fsp3) is 0.500. The fourth-order valence-corrected chi connectivity index (χ4v) is 2.67. The zero-order valence-corrected chi connectivity index (χ0v) is 15.4. The number of piperidine rings is 1. The molecule has 1 heterocycles. The molecule has 1 fully saturated rings. The first kappa shape index (κ1) is 20.5. The van der Waals surface area contributed by atoms with Crippen molar-refractivity contribution in [3.8, 4) is 5.75 Å². The second kappa shape index (κ2) is 9.75. The van der Waals surface area contributed by atoms with Gasteiger partial charge in [0, 0.05) is 13.1 Å². The third-order valence-electron chi connectivity index (χ3n) is 4.12. The van der Waals surface area contributed by atoms with E-state index in [1.54, 1.807) is 6.92 Å². The molecule has 2 rings (SSSR count). The quantitative estimate of drug-likeness (QED) is 0.756. The van der Waals surface area contributed by atoms with Crippen molar-refractivity contribution < 1.29 is 28.2 Å². The number of halogens is 1. The summed E-state index contributed by atoms with van der Waals surface area (Å²) in [6.07, 6.45) is -0.0488. The minimum absolute atomic E-state index is 0.238. The van der Waals surface area contributed by atoms with Gasteiger partial charge in [-0.05, 0) is 51.0 Å². The van der Waals surface area contributed by atoms with Gasteiger partial charge in [-0.15, -0.1) is 0 Å². The van der Waals surface area contributed by atoms with Gasteiger partial charge in [-0.3, -0.25) is 20.4 Å². The minimum Gasteiger partial charge on any atom is -0.481 e. The number of nitrogens with one attached hydrogen (secondary N) is 2. The van der Waals surface area contributed by atoms with E-state index in [1.807, 2.05) is 0 Å². The van der Waals surface area contributed by atoms with Gasteiger partial charge in [0.25, 0.3) is 5.91 Å². The Morgan fingerprint density at radius 3 is 2.63 bits per heavy atom. The third kappa shape index (κ3) is 6.12. The predicted octanol–water partition coefficient (Wildman–Crippen LogP) is 1.61. The summed E-state index contributed by atoms with van der Waals surface area (Å²) in [5, 5.41) is 0. The van der Waals surface area contributed by atoms with Crippen LogP contribution in [0.25, 0.3) is 0 Å². The number of likely N-dealkylation sites (tertiary alicyclic amines) is 1.